The van der Waals surface area contributed by atoms with Gasteiger partial charge in [0.15, 0.2) is 0 Å². The van der Waals surface area contributed by atoms with Gasteiger partial charge in [0.25, 0.3) is 0 Å². The molecule has 0 radical (unpaired) electrons. The first kappa shape index (κ1) is 12.2. The van der Waals surface area contributed by atoms with E-state index >= 15 is 0 Å². The molecule has 0 saturated heterocycles. The van der Waals surface area contributed by atoms with Gasteiger partial charge in [-0.3, -0.25) is 4.79 Å². The maximum absolute atomic E-state index is 10.6. The number of carbonyl (C=O) groups is 1. The molecule has 0 heterocycles. The number of carboxylic acids is 1. The maximum atomic E-state index is 10.6. The summed E-state index contributed by atoms with van der Waals surface area (Å²) < 4.78 is 0. The molecular weight excluding hydrogens is 240 g/mol. The predicted octanol–water partition coefficient (Wildman–Crippen LogP) is 2.94. The summed E-state index contributed by atoms with van der Waals surface area (Å²) in [6.45, 7) is 0. The largest absolute Gasteiger partial charge is 0.506 e. The minimum Gasteiger partial charge on any atom is -0.506 e. The Morgan fingerprint density at radius 2 is 2.06 bits per heavy atom. The van der Waals surface area contributed by atoms with Gasteiger partial charge < -0.3 is 10.2 Å². The summed E-state index contributed by atoms with van der Waals surface area (Å²) in [5, 5.41) is 19.0. The van der Waals surface area contributed by atoms with Gasteiger partial charge in [0.2, 0.25) is 0 Å². The molecule has 1 aliphatic carbocycles. The van der Waals surface area contributed by atoms with E-state index in [0.717, 1.165) is 36.8 Å². The van der Waals surface area contributed by atoms with E-state index in [1.807, 2.05) is 6.07 Å². The Hall–Kier alpha value is -1.22. The van der Waals surface area contributed by atoms with Gasteiger partial charge in [0.1, 0.15) is 5.75 Å². The molecule has 0 aromatic heterocycles. The molecule has 0 atom stereocenters. The monoisotopic (exact) mass is 254 g/mol. The Morgan fingerprint density at radius 3 is 2.76 bits per heavy atom. The average molecular weight is 255 g/mol. The van der Waals surface area contributed by atoms with Gasteiger partial charge in [-0.1, -0.05) is 11.6 Å². The van der Waals surface area contributed by atoms with Gasteiger partial charge in [-0.05, 0) is 54.9 Å². The van der Waals surface area contributed by atoms with E-state index in [2.05, 4.69) is 0 Å². The van der Waals surface area contributed by atoms with Crippen molar-refractivity contribution in [3.8, 4) is 5.75 Å². The second-order valence-electron chi connectivity index (χ2n) is 4.42. The first-order valence-electron chi connectivity index (χ1n) is 5.83. The summed E-state index contributed by atoms with van der Waals surface area (Å²) in [5.74, 6) is -0.789. The van der Waals surface area contributed by atoms with Crippen molar-refractivity contribution in [2.24, 2.45) is 0 Å². The van der Waals surface area contributed by atoms with Gasteiger partial charge in [-0.2, -0.15) is 0 Å². The number of halogens is 1. The zero-order valence-electron chi connectivity index (χ0n) is 9.50. The van der Waals surface area contributed by atoms with Crippen molar-refractivity contribution in [3.05, 3.63) is 27.8 Å². The predicted molar refractivity (Wildman–Crippen MR) is 65.7 cm³/mol. The topological polar surface area (TPSA) is 57.5 Å². The molecule has 92 valence electrons. The lowest BCUT2D eigenvalue weighted by Crippen LogP contribution is -2.08. The van der Waals surface area contributed by atoms with E-state index in [4.69, 9.17) is 16.7 Å². The van der Waals surface area contributed by atoms with Crippen LogP contribution < -0.4 is 0 Å². The molecule has 2 N–H and O–H groups in total. The lowest BCUT2D eigenvalue weighted by Gasteiger charge is -2.21. The second-order valence-corrected chi connectivity index (χ2v) is 4.83. The van der Waals surface area contributed by atoms with Crippen LogP contribution in [0.5, 0.6) is 5.75 Å². The molecule has 0 fully saturated rings. The zero-order chi connectivity index (χ0) is 12.4. The number of rotatable bonds is 3. The summed E-state index contributed by atoms with van der Waals surface area (Å²) in [6.07, 6.45) is 4.48. The molecule has 3 nitrogen and oxygen atoms in total. The lowest BCUT2D eigenvalue weighted by atomic mass is 9.86. The van der Waals surface area contributed by atoms with Crippen molar-refractivity contribution >= 4 is 17.6 Å². The van der Waals surface area contributed by atoms with Crippen molar-refractivity contribution in [2.45, 2.75) is 38.5 Å². The van der Waals surface area contributed by atoms with Crippen LogP contribution >= 0.6 is 11.6 Å². The van der Waals surface area contributed by atoms with E-state index in [9.17, 15) is 9.90 Å². The number of aryl methyl sites for hydroxylation is 1. The summed E-state index contributed by atoms with van der Waals surface area (Å²) in [7, 11) is 0. The number of phenols is 1. The summed E-state index contributed by atoms with van der Waals surface area (Å²) in [6, 6.07) is 1.82. The Balaban J connectivity index is 2.39. The molecule has 2 rings (SSSR count). The van der Waals surface area contributed by atoms with Gasteiger partial charge in [0.05, 0.1) is 5.02 Å². The molecule has 1 aliphatic rings. The number of aliphatic carboxylic acids is 1. The zero-order valence-corrected chi connectivity index (χ0v) is 10.3. The standard InChI is InChI=1S/C13H15ClO3/c14-11-7-8-3-1-2-4-9(8)10(13(11)17)5-6-12(15)16/h7,17H,1-6H2,(H,15,16). The molecule has 1 aromatic rings. The molecule has 0 saturated carbocycles. The van der Waals surface area contributed by atoms with Crippen LogP contribution in [0.2, 0.25) is 5.02 Å². The van der Waals surface area contributed by atoms with Crippen molar-refractivity contribution in [2.75, 3.05) is 0 Å². The number of aromatic hydroxyl groups is 1. The van der Waals surface area contributed by atoms with Gasteiger partial charge >= 0.3 is 5.97 Å². The minimum absolute atomic E-state index is 0.0281. The normalized spacial score (nSPS) is 14.4. The summed E-state index contributed by atoms with van der Waals surface area (Å²) in [4.78, 5) is 10.6. The van der Waals surface area contributed by atoms with E-state index < -0.39 is 5.97 Å². The fourth-order valence-electron chi connectivity index (χ4n) is 2.44. The highest BCUT2D eigenvalue weighted by Crippen LogP contribution is 2.37. The Labute approximate surface area is 105 Å². The van der Waals surface area contributed by atoms with Crippen LogP contribution in [0.4, 0.5) is 0 Å². The molecule has 17 heavy (non-hydrogen) atoms. The van der Waals surface area contributed by atoms with Crippen molar-refractivity contribution < 1.29 is 15.0 Å². The third-order valence-corrected chi connectivity index (χ3v) is 3.56. The SMILES string of the molecule is O=C(O)CCc1c(O)c(Cl)cc2c1CCCC2. The van der Waals surface area contributed by atoms with Crippen LogP contribution in [-0.4, -0.2) is 16.2 Å². The third-order valence-electron chi connectivity index (χ3n) is 3.28. The smallest absolute Gasteiger partial charge is 0.303 e. The highest BCUT2D eigenvalue weighted by Gasteiger charge is 2.19. The number of hydrogen-bond donors (Lipinski definition) is 2. The van der Waals surface area contributed by atoms with Crippen molar-refractivity contribution in [3.63, 3.8) is 0 Å². The number of hydrogen-bond acceptors (Lipinski definition) is 2. The molecule has 0 aliphatic heterocycles. The summed E-state index contributed by atoms with van der Waals surface area (Å²) >= 11 is 5.97. The number of carboxylic acid groups (broad SMARTS) is 1. The maximum Gasteiger partial charge on any atom is 0.303 e. The van der Waals surface area contributed by atoms with E-state index in [1.54, 1.807) is 0 Å². The van der Waals surface area contributed by atoms with Gasteiger partial charge in [-0.25, -0.2) is 0 Å². The number of benzene rings is 1. The fourth-order valence-corrected chi connectivity index (χ4v) is 2.69. The molecular formula is C13H15ClO3. The second kappa shape index (κ2) is 4.96. The molecule has 4 heteroatoms. The Morgan fingerprint density at radius 1 is 1.35 bits per heavy atom. The average Bonchev–Trinajstić information content (AvgIpc) is 2.29. The van der Waals surface area contributed by atoms with Crippen LogP contribution in [0.3, 0.4) is 0 Å². The molecule has 0 amide bonds. The van der Waals surface area contributed by atoms with E-state index in [1.165, 1.54) is 5.56 Å². The van der Waals surface area contributed by atoms with Crippen LogP contribution in [0.1, 0.15) is 36.0 Å². The van der Waals surface area contributed by atoms with Crippen molar-refractivity contribution in [1.29, 1.82) is 0 Å². The highest BCUT2D eigenvalue weighted by atomic mass is 35.5. The number of phenolic OH excluding ortho intramolecular Hbond substituents is 1. The van der Waals surface area contributed by atoms with Crippen LogP contribution in [0.15, 0.2) is 6.07 Å². The molecule has 0 spiro atoms. The highest BCUT2D eigenvalue weighted by molar-refractivity contribution is 6.32. The number of fused-ring (bicyclic) bond motifs is 1. The Bertz CT molecular complexity index is 454. The van der Waals surface area contributed by atoms with Crippen LogP contribution in [0, 0.1) is 0 Å². The first-order chi connectivity index (χ1) is 8.09. The van der Waals surface area contributed by atoms with E-state index in [0.29, 0.717) is 11.4 Å². The van der Waals surface area contributed by atoms with Gasteiger partial charge in [0, 0.05) is 6.42 Å². The minimum atomic E-state index is -0.853. The van der Waals surface area contributed by atoms with E-state index in [-0.39, 0.29) is 12.2 Å². The third kappa shape index (κ3) is 2.55. The quantitative estimate of drug-likeness (QED) is 0.872. The van der Waals surface area contributed by atoms with Gasteiger partial charge in [-0.15, -0.1) is 0 Å². The molecule has 1 aromatic carbocycles. The molecule has 0 bridgehead atoms. The van der Waals surface area contributed by atoms with Crippen LogP contribution in [-0.2, 0) is 24.1 Å². The lowest BCUT2D eigenvalue weighted by molar-refractivity contribution is -0.136. The summed E-state index contributed by atoms with van der Waals surface area (Å²) in [5.41, 5.74) is 3.01. The first-order valence-corrected chi connectivity index (χ1v) is 6.21. The fraction of sp³-hybridized carbons (Fsp3) is 0.462. The Kier molecular flexibility index (Phi) is 3.57. The van der Waals surface area contributed by atoms with Crippen LogP contribution in [0.25, 0.3) is 0 Å². The molecule has 0 unspecified atom stereocenters. The van der Waals surface area contributed by atoms with Crippen molar-refractivity contribution in [1.82, 2.24) is 0 Å².